The van der Waals surface area contributed by atoms with Crippen LogP contribution in [0.1, 0.15) is 35.2 Å². The van der Waals surface area contributed by atoms with Crippen molar-refractivity contribution in [2.45, 2.75) is 31.8 Å². The van der Waals surface area contributed by atoms with E-state index in [0.29, 0.717) is 11.6 Å². The highest BCUT2D eigenvalue weighted by molar-refractivity contribution is 5.92. The first-order valence-electron chi connectivity index (χ1n) is 6.96. The van der Waals surface area contributed by atoms with Crippen molar-refractivity contribution in [3.8, 4) is 0 Å². The SMILES string of the molecule is CN1CCCCC1CNCc1ccc(C(N)=O)cc1. The Morgan fingerprint density at radius 1 is 1.37 bits per heavy atom. The number of hydrogen-bond acceptors (Lipinski definition) is 3. The maximum atomic E-state index is 11.0. The van der Waals surface area contributed by atoms with Gasteiger partial charge in [0.25, 0.3) is 0 Å². The van der Waals surface area contributed by atoms with E-state index in [-0.39, 0.29) is 5.91 Å². The zero-order valence-corrected chi connectivity index (χ0v) is 11.6. The molecular formula is C15H23N3O. The molecular weight excluding hydrogens is 238 g/mol. The summed E-state index contributed by atoms with van der Waals surface area (Å²) in [5.74, 6) is -0.372. The summed E-state index contributed by atoms with van der Waals surface area (Å²) < 4.78 is 0. The van der Waals surface area contributed by atoms with Crippen LogP contribution in [0, 0.1) is 0 Å². The van der Waals surface area contributed by atoms with Crippen molar-refractivity contribution < 1.29 is 4.79 Å². The van der Waals surface area contributed by atoms with Crippen molar-refractivity contribution in [3.63, 3.8) is 0 Å². The summed E-state index contributed by atoms with van der Waals surface area (Å²) in [5.41, 5.74) is 6.97. The fourth-order valence-electron chi connectivity index (χ4n) is 2.57. The second-order valence-corrected chi connectivity index (χ2v) is 5.32. The molecule has 0 aliphatic carbocycles. The first kappa shape index (κ1) is 14.0. The van der Waals surface area contributed by atoms with Gasteiger partial charge in [0.1, 0.15) is 0 Å². The van der Waals surface area contributed by atoms with Gasteiger partial charge in [-0.1, -0.05) is 18.6 Å². The number of carbonyl (C=O) groups excluding carboxylic acids is 1. The van der Waals surface area contributed by atoms with Gasteiger partial charge in [-0.3, -0.25) is 4.79 Å². The fourth-order valence-corrected chi connectivity index (χ4v) is 2.57. The molecule has 1 aromatic rings. The fraction of sp³-hybridized carbons (Fsp3) is 0.533. The Bertz CT molecular complexity index is 416. The van der Waals surface area contributed by atoms with E-state index in [9.17, 15) is 4.79 Å². The first-order valence-corrected chi connectivity index (χ1v) is 6.96. The molecule has 1 unspecified atom stereocenters. The summed E-state index contributed by atoms with van der Waals surface area (Å²) in [5, 5.41) is 3.49. The second kappa shape index (κ2) is 6.68. The lowest BCUT2D eigenvalue weighted by Crippen LogP contribution is -2.42. The third-order valence-corrected chi connectivity index (χ3v) is 3.87. The molecule has 4 heteroatoms. The van der Waals surface area contributed by atoms with Gasteiger partial charge in [0.2, 0.25) is 5.91 Å². The molecule has 1 fully saturated rings. The molecule has 3 N–H and O–H groups in total. The van der Waals surface area contributed by atoms with E-state index >= 15 is 0 Å². The average Bonchev–Trinajstić information content (AvgIpc) is 2.41. The van der Waals surface area contributed by atoms with Crippen LogP contribution in [-0.2, 0) is 6.54 Å². The number of likely N-dealkylation sites (N-methyl/N-ethyl adjacent to an activating group) is 1. The second-order valence-electron chi connectivity index (χ2n) is 5.32. The van der Waals surface area contributed by atoms with Crippen molar-refractivity contribution in [1.29, 1.82) is 0 Å². The van der Waals surface area contributed by atoms with Gasteiger partial charge in [0.15, 0.2) is 0 Å². The molecule has 1 amide bonds. The molecule has 104 valence electrons. The van der Waals surface area contributed by atoms with Crippen molar-refractivity contribution >= 4 is 5.91 Å². The summed E-state index contributed by atoms with van der Waals surface area (Å²) in [6, 6.07) is 8.13. The van der Waals surface area contributed by atoms with Crippen LogP contribution < -0.4 is 11.1 Å². The van der Waals surface area contributed by atoms with Gasteiger partial charge in [-0.2, -0.15) is 0 Å². The monoisotopic (exact) mass is 261 g/mol. The molecule has 1 atom stereocenters. The van der Waals surface area contributed by atoms with Gasteiger partial charge in [-0.25, -0.2) is 0 Å². The smallest absolute Gasteiger partial charge is 0.248 e. The number of likely N-dealkylation sites (tertiary alicyclic amines) is 1. The minimum atomic E-state index is -0.372. The topological polar surface area (TPSA) is 58.4 Å². The van der Waals surface area contributed by atoms with Gasteiger partial charge in [-0.15, -0.1) is 0 Å². The van der Waals surface area contributed by atoms with Gasteiger partial charge in [-0.05, 0) is 44.1 Å². The lowest BCUT2D eigenvalue weighted by atomic mass is 10.0. The quantitative estimate of drug-likeness (QED) is 0.841. The van der Waals surface area contributed by atoms with Gasteiger partial charge < -0.3 is 16.0 Å². The van der Waals surface area contributed by atoms with Crippen molar-refractivity contribution in [2.75, 3.05) is 20.1 Å². The summed E-state index contributed by atoms with van der Waals surface area (Å²) in [7, 11) is 2.20. The highest BCUT2D eigenvalue weighted by Gasteiger charge is 2.17. The largest absolute Gasteiger partial charge is 0.366 e. The van der Waals surface area contributed by atoms with Crippen LogP contribution in [0.15, 0.2) is 24.3 Å². The predicted octanol–water partition coefficient (Wildman–Crippen LogP) is 1.36. The van der Waals surface area contributed by atoms with E-state index in [4.69, 9.17) is 5.73 Å². The normalized spacial score (nSPS) is 20.4. The predicted molar refractivity (Wildman–Crippen MR) is 76.9 cm³/mol. The zero-order valence-electron chi connectivity index (χ0n) is 11.6. The van der Waals surface area contributed by atoms with Gasteiger partial charge in [0, 0.05) is 24.7 Å². The van der Waals surface area contributed by atoms with E-state index in [1.165, 1.54) is 31.4 Å². The highest BCUT2D eigenvalue weighted by atomic mass is 16.1. The van der Waals surface area contributed by atoms with Crippen molar-refractivity contribution in [3.05, 3.63) is 35.4 Å². The minimum Gasteiger partial charge on any atom is -0.366 e. The number of carbonyl (C=O) groups is 1. The first-order chi connectivity index (χ1) is 9.16. The molecule has 2 rings (SSSR count). The molecule has 0 bridgehead atoms. The maximum absolute atomic E-state index is 11.0. The lowest BCUT2D eigenvalue weighted by Gasteiger charge is -2.32. The summed E-state index contributed by atoms with van der Waals surface area (Å²) in [6.45, 7) is 3.07. The summed E-state index contributed by atoms with van der Waals surface area (Å²) in [4.78, 5) is 13.4. The Morgan fingerprint density at radius 2 is 2.11 bits per heavy atom. The summed E-state index contributed by atoms with van der Waals surface area (Å²) >= 11 is 0. The Hall–Kier alpha value is -1.39. The standard InChI is InChI=1S/C15H23N3O/c1-18-9-3-2-4-14(18)11-17-10-12-5-7-13(8-6-12)15(16)19/h5-8,14,17H,2-4,9-11H2,1H3,(H2,16,19). The Labute approximate surface area is 115 Å². The Kier molecular flexibility index (Phi) is 4.93. The average molecular weight is 261 g/mol. The van der Waals surface area contributed by atoms with Crippen LogP contribution in [-0.4, -0.2) is 37.0 Å². The summed E-state index contributed by atoms with van der Waals surface area (Å²) in [6.07, 6.45) is 3.94. The number of hydrogen-bond donors (Lipinski definition) is 2. The number of nitrogens with zero attached hydrogens (tertiary/aromatic N) is 1. The third-order valence-electron chi connectivity index (χ3n) is 3.87. The van der Waals surface area contributed by atoms with Crippen LogP contribution in [0.4, 0.5) is 0 Å². The molecule has 1 heterocycles. The number of benzene rings is 1. The van der Waals surface area contributed by atoms with E-state index < -0.39 is 0 Å². The van der Waals surface area contributed by atoms with Crippen LogP contribution >= 0.6 is 0 Å². The molecule has 0 saturated carbocycles. The van der Waals surface area contributed by atoms with Gasteiger partial charge in [0.05, 0.1) is 0 Å². The third kappa shape index (κ3) is 4.04. The van der Waals surface area contributed by atoms with E-state index in [0.717, 1.165) is 13.1 Å². The molecule has 1 aliphatic rings. The van der Waals surface area contributed by atoms with E-state index in [1.54, 1.807) is 12.1 Å². The van der Waals surface area contributed by atoms with Gasteiger partial charge >= 0.3 is 0 Å². The van der Waals surface area contributed by atoms with Crippen molar-refractivity contribution in [1.82, 2.24) is 10.2 Å². The molecule has 0 aromatic heterocycles. The Balaban J connectivity index is 1.77. The molecule has 1 aromatic carbocycles. The van der Waals surface area contributed by atoms with Crippen LogP contribution in [0.5, 0.6) is 0 Å². The number of piperidine rings is 1. The Morgan fingerprint density at radius 3 is 2.74 bits per heavy atom. The van der Waals surface area contributed by atoms with E-state index in [1.807, 2.05) is 12.1 Å². The molecule has 0 radical (unpaired) electrons. The maximum Gasteiger partial charge on any atom is 0.248 e. The van der Waals surface area contributed by atoms with Crippen molar-refractivity contribution in [2.24, 2.45) is 5.73 Å². The van der Waals surface area contributed by atoms with E-state index in [2.05, 4.69) is 17.3 Å². The zero-order chi connectivity index (χ0) is 13.7. The number of rotatable bonds is 5. The van der Waals surface area contributed by atoms with Crippen LogP contribution in [0.3, 0.4) is 0 Å². The number of nitrogens with two attached hydrogens (primary N) is 1. The molecule has 4 nitrogen and oxygen atoms in total. The molecule has 19 heavy (non-hydrogen) atoms. The molecule has 1 aliphatic heterocycles. The van der Waals surface area contributed by atoms with Crippen LogP contribution in [0.2, 0.25) is 0 Å². The number of primary amides is 1. The number of nitrogens with one attached hydrogen (secondary N) is 1. The lowest BCUT2D eigenvalue weighted by molar-refractivity contribution is 0.100. The highest BCUT2D eigenvalue weighted by Crippen LogP contribution is 2.14. The number of amides is 1. The van der Waals surface area contributed by atoms with Crippen LogP contribution in [0.25, 0.3) is 0 Å². The molecule has 1 saturated heterocycles. The molecule has 0 spiro atoms. The minimum absolute atomic E-state index is 0.372.